The number of ether oxygens (including phenoxy) is 1. The second kappa shape index (κ2) is 9.50. The third-order valence-electron chi connectivity index (χ3n) is 4.35. The molecular formula is C21H15Cl2F3N2O4S. The average Bonchev–Trinajstić information content (AvgIpc) is 2.74. The number of halogens is 5. The largest absolute Gasteiger partial charge is 0.495 e. The summed E-state index contributed by atoms with van der Waals surface area (Å²) >= 11 is 11.8. The first-order valence-corrected chi connectivity index (χ1v) is 11.3. The van der Waals surface area contributed by atoms with E-state index in [2.05, 4.69) is 5.32 Å². The van der Waals surface area contributed by atoms with Gasteiger partial charge in [-0.05, 0) is 54.6 Å². The van der Waals surface area contributed by atoms with Crippen LogP contribution in [0.4, 0.5) is 24.5 Å². The van der Waals surface area contributed by atoms with Crippen molar-refractivity contribution >= 4 is 50.5 Å². The molecule has 2 N–H and O–H groups in total. The molecule has 0 saturated heterocycles. The summed E-state index contributed by atoms with van der Waals surface area (Å²) in [5, 5.41) is 2.63. The van der Waals surface area contributed by atoms with Crippen LogP contribution in [0, 0.1) is 0 Å². The molecular weight excluding hydrogens is 504 g/mol. The van der Waals surface area contributed by atoms with Crippen LogP contribution in [-0.4, -0.2) is 21.4 Å². The van der Waals surface area contributed by atoms with Gasteiger partial charge in [0, 0.05) is 10.6 Å². The molecule has 0 aliphatic rings. The molecule has 174 valence electrons. The maximum absolute atomic E-state index is 13.0. The van der Waals surface area contributed by atoms with Crippen LogP contribution >= 0.6 is 23.2 Å². The van der Waals surface area contributed by atoms with Crippen LogP contribution in [0.25, 0.3) is 0 Å². The highest BCUT2D eigenvalue weighted by molar-refractivity contribution is 7.92. The molecule has 0 bridgehead atoms. The van der Waals surface area contributed by atoms with E-state index < -0.39 is 33.4 Å². The van der Waals surface area contributed by atoms with Gasteiger partial charge in [0.1, 0.15) is 5.75 Å². The van der Waals surface area contributed by atoms with Crippen LogP contribution in [0.3, 0.4) is 0 Å². The molecule has 0 atom stereocenters. The molecule has 12 heteroatoms. The smallest absolute Gasteiger partial charge is 0.416 e. The topological polar surface area (TPSA) is 84.5 Å². The highest BCUT2D eigenvalue weighted by Gasteiger charge is 2.31. The van der Waals surface area contributed by atoms with Gasteiger partial charge in [-0.1, -0.05) is 29.3 Å². The molecule has 0 aromatic heterocycles. The van der Waals surface area contributed by atoms with Crippen LogP contribution in [0.15, 0.2) is 65.6 Å². The zero-order chi connectivity index (χ0) is 24.4. The number of sulfonamides is 1. The minimum absolute atomic E-state index is 0.0143. The lowest BCUT2D eigenvalue weighted by Gasteiger charge is -2.15. The zero-order valence-corrected chi connectivity index (χ0v) is 19.0. The fraction of sp³-hybridized carbons (Fsp3) is 0.0952. The third-order valence-corrected chi connectivity index (χ3v) is 6.28. The Labute approximate surface area is 197 Å². The Morgan fingerprint density at radius 1 is 0.970 bits per heavy atom. The highest BCUT2D eigenvalue weighted by Crippen LogP contribution is 2.35. The van der Waals surface area contributed by atoms with Gasteiger partial charge < -0.3 is 10.1 Å². The van der Waals surface area contributed by atoms with Crippen LogP contribution in [0.1, 0.15) is 15.9 Å². The summed E-state index contributed by atoms with van der Waals surface area (Å²) in [6.07, 6.45) is -4.69. The first-order valence-electron chi connectivity index (χ1n) is 9.05. The molecule has 0 radical (unpaired) electrons. The van der Waals surface area contributed by atoms with Gasteiger partial charge in [0.2, 0.25) is 0 Å². The van der Waals surface area contributed by atoms with Gasteiger partial charge in [-0.25, -0.2) is 8.42 Å². The number of anilines is 2. The Balaban J connectivity index is 1.94. The van der Waals surface area contributed by atoms with E-state index in [-0.39, 0.29) is 26.9 Å². The monoisotopic (exact) mass is 518 g/mol. The normalized spacial score (nSPS) is 11.7. The van der Waals surface area contributed by atoms with Gasteiger partial charge >= 0.3 is 6.18 Å². The minimum Gasteiger partial charge on any atom is -0.495 e. The Bertz CT molecular complexity index is 1320. The van der Waals surface area contributed by atoms with Crippen molar-refractivity contribution in [2.45, 2.75) is 11.1 Å². The molecule has 1 amide bonds. The number of carbonyl (C=O) groups excluding carboxylic acids is 1. The standard InChI is InChI=1S/C21H15Cl2F3N2O4S/c1-32-19-8-6-15(11-18(19)27-20(29)12-3-2-4-14(22)9-12)33(30,31)28-17-10-13(21(24,25)26)5-7-16(17)23/h2-11,28H,1H3,(H,27,29). The molecule has 3 aromatic carbocycles. The minimum atomic E-state index is -4.69. The first kappa shape index (κ1) is 24.7. The predicted octanol–water partition coefficient (Wildman–Crippen LogP) is 6.07. The van der Waals surface area contributed by atoms with Crippen molar-refractivity contribution in [3.05, 3.63) is 81.8 Å². The summed E-state index contributed by atoms with van der Waals surface area (Å²) in [6.45, 7) is 0. The Morgan fingerprint density at radius 3 is 2.33 bits per heavy atom. The van der Waals surface area contributed by atoms with Gasteiger partial charge in [-0.15, -0.1) is 0 Å². The van der Waals surface area contributed by atoms with Crippen LogP contribution in [0.5, 0.6) is 5.75 Å². The van der Waals surface area contributed by atoms with E-state index in [1.807, 2.05) is 4.72 Å². The second-order valence-electron chi connectivity index (χ2n) is 6.62. The van der Waals surface area contributed by atoms with E-state index in [4.69, 9.17) is 27.9 Å². The van der Waals surface area contributed by atoms with Crippen molar-refractivity contribution in [1.82, 2.24) is 0 Å². The lowest BCUT2D eigenvalue weighted by atomic mass is 10.2. The van der Waals surface area contributed by atoms with Crippen LogP contribution < -0.4 is 14.8 Å². The molecule has 0 heterocycles. The highest BCUT2D eigenvalue weighted by atomic mass is 35.5. The summed E-state index contributed by atoms with van der Waals surface area (Å²) in [7, 11) is -3.06. The maximum Gasteiger partial charge on any atom is 0.416 e. The van der Waals surface area contributed by atoms with Gasteiger partial charge in [-0.2, -0.15) is 13.2 Å². The summed E-state index contributed by atoms with van der Waals surface area (Å²) in [4.78, 5) is 12.2. The Morgan fingerprint density at radius 2 is 1.70 bits per heavy atom. The number of carbonyl (C=O) groups is 1. The molecule has 6 nitrogen and oxygen atoms in total. The van der Waals surface area contributed by atoms with E-state index in [0.717, 1.165) is 24.3 Å². The fourth-order valence-corrected chi connectivity index (χ4v) is 4.27. The number of methoxy groups -OCH3 is 1. The SMILES string of the molecule is COc1ccc(S(=O)(=O)Nc2cc(C(F)(F)F)ccc2Cl)cc1NC(=O)c1cccc(Cl)c1. The lowest BCUT2D eigenvalue weighted by molar-refractivity contribution is -0.137. The summed E-state index contributed by atoms with van der Waals surface area (Å²) in [6, 6.07) is 11.9. The number of amides is 1. The van der Waals surface area contributed by atoms with Crippen LogP contribution in [0.2, 0.25) is 10.0 Å². The van der Waals surface area contributed by atoms with E-state index in [9.17, 15) is 26.4 Å². The van der Waals surface area contributed by atoms with E-state index in [1.54, 1.807) is 12.1 Å². The molecule has 0 unspecified atom stereocenters. The second-order valence-corrected chi connectivity index (χ2v) is 9.15. The summed E-state index contributed by atoms with van der Waals surface area (Å²) < 4.78 is 71.9. The molecule has 0 spiro atoms. The predicted molar refractivity (Wildman–Crippen MR) is 120 cm³/mol. The number of benzene rings is 3. The number of rotatable bonds is 6. The molecule has 3 aromatic rings. The molecule has 0 fully saturated rings. The molecule has 0 aliphatic carbocycles. The Kier molecular flexibility index (Phi) is 7.11. The summed E-state index contributed by atoms with van der Waals surface area (Å²) in [5.74, 6) is -0.430. The van der Waals surface area contributed by atoms with Crippen molar-refractivity contribution in [2.24, 2.45) is 0 Å². The van der Waals surface area contributed by atoms with Crippen LogP contribution in [-0.2, 0) is 16.2 Å². The number of hydrogen-bond donors (Lipinski definition) is 2. The summed E-state index contributed by atoms with van der Waals surface area (Å²) in [5.41, 5.74) is -1.30. The lowest BCUT2D eigenvalue weighted by Crippen LogP contribution is -2.16. The quantitative estimate of drug-likeness (QED) is 0.414. The number of hydrogen-bond acceptors (Lipinski definition) is 4. The van der Waals surface area contributed by atoms with Crippen molar-refractivity contribution in [3.63, 3.8) is 0 Å². The van der Waals surface area contributed by atoms with E-state index in [1.165, 1.54) is 25.3 Å². The molecule has 0 aliphatic heterocycles. The van der Waals surface area contributed by atoms with Gasteiger partial charge in [0.25, 0.3) is 15.9 Å². The Hall–Kier alpha value is -2.95. The number of nitrogens with one attached hydrogen (secondary N) is 2. The fourth-order valence-electron chi connectivity index (χ4n) is 2.76. The van der Waals surface area contributed by atoms with Gasteiger partial charge in [0.15, 0.2) is 0 Å². The third kappa shape index (κ3) is 5.89. The molecule has 33 heavy (non-hydrogen) atoms. The molecule has 3 rings (SSSR count). The van der Waals surface area contributed by atoms with Crippen molar-refractivity contribution in [1.29, 1.82) is 0 Å². The maximum atomic E-state index is 13.0. The number of alkyl halides is 3. The zero-order valence-electron chi connectivity index (χ0n) is 16.7. The van der Waals surface area contributed by atoms with Crippen molar-refractivity contribution < 1.29 is 31.1 Å². The first-order chi connectivity index (χ1) is 15.4. The molecule has 0 saturated carbocycles. The van der Waals surface area contributed by atoms with E-state index >= 15 is 0 Å². The van der Waals surface area contributed by atoms with Gasteiger partial charge in [-0.3, -0.25) is 9.52 Å². The van der Waals surface area contributed by atoms with Gasteiger partial charge in [0.05, 0.1) is 34.0 Å². The van der Waals surface area contributed by atoms with Crippen molar-refractivity contribution in [3.8, 4) is 5.75 Å². The average molecular weight is 519 g/mol. The van der Waals surface area contributed by atoms with E-state index in [0.29, 0.717) is 11.1 Å². The van der Waals surface area contributed by atoms with Crippen molar-refractivity contribution in [2.75, 3.05) is 17.1 Å².